The highest BCUT2D eigenvalue weighted by molar-refractivity contribution is 5.98. The van der Waals surface area contributed by atoms with E-state index in [9.17, 15) is 18.8 Å². The van der Waals surface area contributed by atoms with Gasteiger partial charge in [-0.3, -0.25) is 14.4 Å². The number of carbonyl (C=O) groups is 3. The Balaban J connectivity index is 2.89. The van der Waals surface area contributed by atoms with E-state index in [1.807, 2.05) is 0 Å². The average Bonchev–Trinajstić information content (AvgIpc) is 2.40. The highest BCUT2D eigenvalue weighted by Crippen LogP contribution is 2.21. The van der Waals surface area contributed by atoms with Gasteiger partial charge in [0, 0.05) is 23.2 Å². The average molecular weight is 297 g/mol. The number of hydrogen-bond acceptors (Lipinski definition) is 4. The van der Waals surface area contributed by atoms with Crippen LogP contribution < -0.4 is 16.8 Å². The zero-order chi connectivity index (χ0) is 16.2. The van der Waals surface area contributed by atoms with Crippen LogP contribution in [0.25, 0.3) is 0 Å². The van der Waals surface area contributed by atoms with Crippen LogP contribution in [-0.2, 0) is 9.59 Å². The number of anilines is 1. The quantitative estimate of drug-likeness (QED) is 0.601. The molecule has 0 aliphatic carbocycles. The van der Waals surface area contributed by atoms with Crippen LogP contribution in [0.5, 0.6) is 0 Å². The molecule has 0 radical (unpaired) electrons. The Morgan fingerprint density at radius 1 is 1.38 bits per heavy atom. The third kappa shape index (κ3) is 4.53. The molecule has 6 N–H and O–H groups in total. The topological polar surface area (TPSA) is 136 Å². The van der Waals surface area contributed by atoms with Crippen molar-refractivity contribution in [2.75, 3.05) is 5.32 Å². The number of nitrogens with one attached hydrogen (secondary N) is 1. The van der Waals surface area contributed by atoms with Gasteiger partial charge in [0.05, 0.1) is 6.04 Å². The molecule has 0 spiro atoms. The molecule has 0 fully saturated rings. The maximum Gasteiger partial charge on any atom is 0.303 e. The minimum Gasteiger partial charge on any atom is -0.481 e. The van der Waals surface area contributed by atoms with Gasteiger partial charge in [-0.1, -0.05) is 0 Å². The van der Waals surface area contributed by atoms with Crippen LogP contribution in [0.15, 0.2) is 12.1 Å². The van der Waals surface area contributed by atoms with Crippen LogP contribution in [0, 0.1) is 12.7 Å². The third-order valence-electron chi connectivity index (χ3n) is 2.89. The Morgan fingerprint density at radius 2 is 2.00 bits per heavy atom. The van der Waals surface area contributed by atoms with Gasteiger partial charge in [0.1, 0.15) is 5.82 Å². The van der Waals surface area contributed by atoms with Gasteiger partial charge in [-0.05, 0) is 25.5 Å². The van der Waals surface area contributed by atoms with Gasteiger partial charge in [-0.15, -0.1) is 0 Å². The molecular weight excluding hydrogens is 281 g/mol. The number of amides is 2. The standard InChI is InChI=1S/C13H16FN3O4/c1-6-8(14)4-7(12(16)20)5-10(6)17-13(21)9(15)2-3-11(18)19/h4-5,9H,2-3,15H2,1H3,(H2,16,20)(H,17,21)(H,18,19). The van der Waals surface area contributed by atoms with Gasteiger partial charge in [-0.2, -0.15) is 0 Å². The van der Waals surface area contributed by atoms with E-state index in [1.165, 1.54) is 13.0 Å². The second-order valence-electron chi connectivity index (χ2n) is 4.52. The van der Waals surface area contributed by atoms with E-state index in [0.29, 0.717) is 0 Å². The summed E-state index contributed by atoms with van der Waals surface area (Å²) in [7, 11) is 0. The molecule has 0 aliphatic heterocycles. The van der Waals surface area contributed by atoms with E-state index in [-0.39, 0.29) is 29.7 Å². The first kappa shape index (κ1) is 16.6. The maximum atomic E-state index is 13.6. The number of carboxylic acid groups (broad SMARTS) is 1. The van der Waals surface area contributed by atoms with E-state index < -0.39 is 29.6 Å². The van der Waals surface area contributed by atoms with E-state index in [0.717, 1.165) is 6.07 Å². The lowest BCUT2D eigenvalue weighted by Crippen LogP contribution is -2.36. The van der Waals surface area contributed by atoms with Crippen LogP contribution >= 0.6 is 0 Å². The van der Waals surface area contributed by atoms with Crippen molar-refractivity contribution in [2.24, 2.45) is 11.5 Å². The van der Waals surface area contributed by atoms with Gasteiger partial charge in [-0.25, -0.2) is 4.39 Å². The maximum absolute atomic E-state index is 13.6. The minimum atomic E-state index is -1.07. The second kappa shape index (κ2) is 6.80. The smallest absolute Gasteiger partial charge is 0.303 e. The molecule has 8 heteroatoms. The number of carbonyl (C=O) groups excluding carboxylic acids is 2. The molecule has 0 aliphatic rings. The van der Waals surface area contributed by atoms with E-state index >= 15 is 0 Å². The summed E-state index contributed by atoms with van der Waals surface area (Å²) in [6.45, 7) is 1.42. The van der Waals surface area contributed by atoms with Gasteiger partial charge >= 0.3 is 5.97 Å². The van der Waals surface area contributed by atoms with Crippen molar-refractivity contribution < 1.29 is 23.9 Å². The molecule has 0 saturated carbocycles. The lowest BCUT2D eigenvalue weighted by atomic mass is 10.1. The first-order valence-electron chi connectivity index (χ1n) is 6.10. The molecule has 114 valence electrons. The summed E-state index contributed by atoms with van der Waals surface area (Å²) < 4.78 is 13.6. The summed E-state index contributed by atoms with van der Waals surface area (Å²) in [5, 5.41) is 10.9. The molecule has 2 amide bonds. The molecule has 1 unspecified atom stereocenters. The van der Waals surface area contributed by atoms with Gasteiger partial charge in [0.15, 0.2) is 0 Å². The number of aliphatic carboxylic acids is 1. The number of carboxylic acids is 1. The minimum absolute atomic E-state index is 0.0573. The molecule has 0 bridgehead atoms. The summed E-state index contributed by atoms with van der Waals surface area (Å²) in [5.41, 5.74) is 10.7. The first-order valence-corrected chi connectivity index (χ1v) is 6.10. The van der Waals surface area contributed by atoms with Crippen molar-refractivity contribution in [1.29, 1.82) is 0 Å². The van der Waals surface area contributed by atoms with E-state index in [2.05, 4.69) is 5.32 Å². The number of rotatable bonds is 6. The molecule has 1 atom stereocenters. The van der Waals surface area contributed by atoms with Crippen LogP contribution in [0.3, 0.4) is 0 Å². The van der Waals surface area contributed by atoms with Crippen molar-refractivity contribution >= 4 is 23.5 Å². The molecule has 0 heterocycles. The molecule has 1 aromatic carbocycles. The largest absolute Gasteiger partial charge is 0.481 e. The highest BCUT2D eigenvalue weighted by Gasteiger charge is 2.18. The van der Waals surface area contributed by atoms with E-state index in [1.54, 1.807) is 0 Å². The van der Waals surface area contributed by atoms with E-state index in [4.69, 9.17) is 16.6 Å². The van der Waals surface area contributed by atoms with Crippen LogP contribution in [-0.4, -0.2) is 28.9 Å². The fourth-order valence-corrected chi connectivity index (χ4v) is 1.59. The van der Waals surface area contributed by atoms with Crippen molar-refractivity contribution in [3.8, 4) is 0 Å². The molecule has 21 heavy (non-hydrogen) atoms. The molecular formula is C13H16FN3O4. The van der Waals surface area contributed by atoms with Crippen molar-refractivity contribution in [2.45, 2.75) is 25.8 Å². The Morgan fingerprint density at radius 3 is 2.52 bits per heavy atom. The van der Waals surface area contributed by atoms with Gasteiger partial charge < -0.3 is 21.9 Å². The predicted molar refractivity (Wildman–Crippen MR) is 73.1 cm³/mol. The number of nitrogens with two attached hydrogens (primary N) is 2. The fourth-order valence-electron chi connectivity index (χ4n) is 1.59. The van der Waals surface area contributed by atoms with Gasteiger partial charge in [0.2, 0.25) is 11.8 Å². The number of primary amides is 1. The second-order valence-corrected chi connectivity index (χ2v) is 4.52. The number of benzene rings is 1. The van der Waals surface area contributed by atoms with Crippen molar-refractivity contribution in [3.63, 3.8) is 0 Å². The fraction of sp³-hybridized carbons (Fsp3) is 0.308. The SMILES string of the molecule is Cc1c(F)cc(C(N)=O)cc1NC(=O)C(N)CCC(=O)O. The summed E-state index contributed by atoms with van der Waals surface area (Å²) in [6, 6.07) is 1.15. The molecule has 0 saturated heterocycles. The Labute approximate surface area is 120 Å². The van der Waals surface area contributed by atoms with Crippen LogP contribution in [0.1, 0.15) is 28.8 Å². The number of halogens is 1. The Bertz CT molecular complexity index is 589. The molecule has 7 nitrogen and oxygen atoms in total. The van der Waals surface area contributed by atoms with Crippen LogP contribution in [0.2, 0.25) is 0 Å². The Hall–Kier alpha value is -2.48. The zero-order valence-corrected chi connectivity index (χ0v) is 11.4. The molecule has 0 aromatic heterocycles. The normalized spacial score (nSPS) is 11.8. The summed E-state index contributed by atoms with van der Waals surface area (Å²) in [5.74, 6) is -3.27. The monoisotopic (exact) mass is 297 g/mol. The number of hydrogen-bond donors (Lipinski definition) is 4. The summed E-state index contributed by atoms with van der Waals surface area (Å²) in [6.07, 6.45) is -0.318. The summed E-state index contributed by atoms with van der Waals surface area (Å²) in [4.78, 5) is 33.3. The lowest BCUT2D eigenvalue weighted by molar-refractivity contribution is -0.137. The third-order valence-corrected chi connectivity index (χ3v) is 2.89. The highest BCUT2D eigenvalue weighted by atomic mass is 19.1. The first-order chi connectivity index (χ1) is 9.72. The van der Waals surface area contributed by atoms with Crippen LogP contribution in [0.4, 0.5) is 10.1 Å². The van der Waals surface area contributed by atoms with Gasteiger partial charge in [0.25, 0.3) is 0 Å². The van der Waals surface area contributed by atoms with Crippen molar-refractivity contribution in [1.82, 2.24) is 0 Å². The molecule has 1 rings (SSSR count). The molecule has 1 aromatic rings. The Kier molecular flexibility index (Phi) is 5.37. The van der Waals surface area contributed by atoms with Crippen molar-refractivity contribution in [3.05, 3.63) is 29.1 Å². The zero-order valence-electron chi connectivity index (χ0n) is 11.4. The summed E-state index contributed by atoms with van der Waals surface area (Å²) >= 11 is 0. The lowest BCUT2D eigenvalue weighted by Gasteiger charge is -2.14. The predicted octanol–water partition coefficient (Wildman–Crippen LogP) is 0.364.